The maximum absolute atomic E-state index is 13.4. The number of hydrogen-bond acceptors (Lipinski definition) is 5. The maximum Gasteiger partial charge on any atom is 0.262 e. The molecule has 0 aliphatic carbocycles. The molecule has 156 valence electrons. The van der Waals surface area contributed by atoms with E-state index in [4.69, 9.17) is 0 Å². The minimum absolute atomic E-state index is 0.215. The Morgan fingerprint density at radius 2 is 1.71 bits per heavy atom. The number of imide groups is 1. The predicted octanol–water partition coefficient (Wildman–Crippen LogP) is 1.90. The molecule has 3 heterocycles. The highest BCUT2D eigenvalue weighted by molar-refractivity contribution is 6.23. The molecule has 1 unspecified atom stereocenters. The smallest absolute Gasteiger partial charge is 0.262 e. The molecular formula is C23H21N5O3. The van der Waals surface area contributed by atoms with Gasteiger partial charge < -0.3 is 10.6 Å². The molecule has 0 bridgehead atoms. The van der Waals surface area contributed by atoms with Crippen molar-refractivity contribution in [3.8, 4) is 0 Å². The fraction of sp³-hybridized carbons (Fsp3) is 0.217. The maximum atomic E-state index is 13.4. The van der Waals surface area contributed by atoms with Crippen molar-refractivity contribution in [1.82, 2.24) is 20.4 Å². The van der Waals surface area contributed by atoms with Crippen LogP contribution in [0, 0.1) is 0 Å². The van der Waals surface area contributed by atoms with E-state index in [0.717, 1.165) is 34.7 Å². The molecule has 2 aromatic carbocycles. The van der Waals surface area contributed by atoms with Crippen molar-refractivity contribution in [3.63, 3.8) is 0 Å². The van der Waals surface area contributed by atoms with E-state index in [9.17, 15) is 14.4 Å². The van der Waals surface area contributed by atoms with Crippen LogP contribution in [0.25, 0.3) is 0 Å². The molecule has 8 nitrogen and oxygen atoms in total. The van der Waals surface area contributed by atoms with Crippen LogP contribution in [0.4, 0.5) is 5.82 Å². The summed E-state index contributed by atoms with van der Waals surface area (Å²) in [5.74, 6) is -0.891. The normalized spacial score (nSPS) is 16.1. The fourth-order valence-electron chi connectivity index (χ4n) is 4.18. The summed E-state index contributed by atoms with van der Waals surface area (Å²) >= 11 is 0. The van der Waals surface area contributed by atoms with Gasteiger partial charge in [0, 0.05) is 18.5 Å². The Balaban J connectivity index is 1.48. The zero-order valence-corrected chi connectivity index (χ0v) is 16.7. The van der Waals surface area contributed by atoms with Gasteiger partial charge in [0.2, 0.25) is 5.91 Å². The zero-order chi connectivity index (χ0) is 21.4. The second-order valence-electron chi connectivity index (χ2n) is 7.68. The molecule has 0 saturated heterocycles. The van der Waals surface area contributed by atoms with Crippen molar-refractivity contribution in [2.75, 3.05) is 11.9 Å². The van der Waals surface area contributed by atoms with Crippen molar-refractivity contribution >= 4 is 23.5 Å². The number of benzene rings is 2. The van der Waals surface area contributed by atoms with E-state index in [2.05, 4.69) is 20.8 Å². The van der Waals surface area contributed by atoms with Crippen LogP contribution in [0.1, 0.15) is 37.5 Å². The monoisotopic (exact) mass is 415 g/mol. The lowest BCUT2D eigenvalue weighted by Crippen LogP contribution is -2.48. The molecule has 0 fully saturated rings. The van der Waals surface area contributed by atoms with Crippen LogP contribution in [-0.2, 0) is 24.2 Å². The number of amides is 3. The number of hydrogen-bond donors (Lipinski definition) is 3. The third-order valence-electron chi connectivity index (χ3n) is 5.76. The van der Waals surface area contributed by atoms with Gasteiger partial charge in [-0.3, -0.25) is 24.4 Å². The number of fused-ring (bicyclic) bond motifs is 2. The SMILES string of the molecule is O=C(Nc1n[nH]c2c1CCNC2)C(Cc1ccccc1)N1C(=O)c2ccccc2C1=O. The van der Waals surface area contributed by atoms with Crippen LogP contribution in [0.2, 0.25) is 0 Å². The third kappa shape index (κ3) is 3.40. The lowest BCUT2D eigenvalue weighted by Gasteiger charge is -2.25. The number of nitrogens with one attached hydrogen (secondary N) is 3. The number of rotatable bonds is 5. The lowest BCUT2D eigenvalue weighted by atomic mass is 10.0. The molecule has 0 saturated carbocycles. The predicted molar refractivity (Wildman–Crippen MR) is 114 cm³/mol. The summed E-state index contributed by atoms with van der Waals surface area (Å²) in [7, 11) is 0. The van der Waals surface area contributed by atoms with E-state index >= 15 is 0 Å². The van der Waals surface area contributed by atoms with E-state index < -0.39 is 23.8 Å². The molecule has 8 heteroatoms. The highest BCUT2D eigenvalue weighted by Gasteiger charge is 2.43. The number of carbonyl (C=O) groups excluding carboxylic acids is 3. The third-order valence-corrected chi connectivity index (χ3v) is 5.76. The van der Waals surface area contributed by atoms with Gasteiger partial charge in [-0.05, 0) is 30.7 Å². The van der Waals surface area contributed by atoms with Crippen molar-refractivity contribution in [2.24, 2.45) is 0 Å². The average Bonchev–Trinajstić information content (AvgIpc) is 3.32. The Kier molecular flexibility index (Phi) is 4.83. The standard InChI is InChI=1S/C23H21N5O3/c29-21(25-20-17-10-11-24-13-18(17)26-27-20)19(12-14-6-2-1-3-7-14)28-22(30)15-8-4-5-9-16(15)23(28)31/h1-9,19,24H,10-13H2,(H2,25,26,27,29). The van der Waals surface area contributed by atoms with Crippen molar-refractivity contribution in [2.45, 2.75) is 25.4 Å². The van der Waals surface area contributed by atoms with E-state index in [0.29, 0.717) is 23.5 Å². The summed E-state index contributed by atoms with van der Waals surface area (Å²) in [6, 6.07) is 15.0. The van der Waals surface area contributed by atoms with Crippen LogP contribution in [0.5, 0.6) is 0 Å². The Morgan fingerprint density at radius 1 is 1.03 bits per heavy atom. The number of nitrogens with zero attached hydrogens (tertiary/aromatic N) is 2. The topological polar surface area (TPSA) is 107 Å². The lowest BCUT2D eigenvalue weighted by molar-refractivity contribution is -0.120. The molecule has 5 rings (SSSR count). The fourth-order valence-corrected chi connectivity index (χ4v) is 4.18. The van der Waals surface area contributed by atoms with Gasteiger partial charge in [-0.1, -0.05) is 42.5 Å². The van der Waals surface area contributed by atoms with Crippen molar-refractivity contribution in [3.05, 3.63) is 82.5 Å². The zero-order valence-electron chi connectivity index (χ0n) is 16.7. The van der Waals surface area contributed by atoms with Gasteiger partial charge in [-0.15, -0.1) is 0 Å². The largest absolute Gasteiger partial charge is 0.311 e. The van der Waals surface area contributed by atoms with E-state index in [1.165, 1.54) is 0 Å². The molecule has 2 aliphatic rings. The minimum atomic E-state index is -0.996. The first-order valence-electron chi connectivity index (χ1n) is 10.2. The van der Waals surface area contributed by atoms with Gasteiger partial charge in [0.05, 0.1) is 16.8 Å². The van der Waals surface area contributed by atoms with E-state index in [1.807, 2.05) is 30.3 Å². The van der Waals surface area contributed by atoms with Crippen molar-refractivity contribution in [1.29, 1.82) is 0 Å². The minimum Gasteiger partial charge on any atom is -0.311 e. The Bertz CT molecular complexity index is 1140. The first kappa shape index (κ1) is 19.2. The Hall–Kier alpha value is -3.78. The molecule has 2 aliphatic heterocycles. The Labute approximate surface area is 178 Å². The number of aromatic amines is 1. The van der Waals surface area contributed by atoms with Crippen LogP contribution in [-0.4, -0.2) is 45.4 Å². The highest BCUT2D eigenvalue weighted by Crippen LogP contribution is 2.27. The van der Waals surface area contributed by atoms with Gasteiger partial charge >= 0.3 is 0 Å². The Morgan fingerprint density at radius 3 is 2.42 bits per heavy atom. The van der Waals surface area contributed by atoms with Gasteiger partial charge in [-0.2, -0.15) is 5.10 Å². The molecular weight excluding hydrogens is 394 g/mol. The molecule has 3 amide bonds. The van der Waals surface area contributed by atoms with E-state index in [1.54, 1.807) is 24.3 Å². The molecule has 0 spiro atoms. The number of carbonyl (C=O) groups is 3. The van der Waals surface area contributed by atoms with Crippen LogP contribution >= 0.6 is 0 Å². The summed E-state index contributed by atoms with van der Waals surface area (Å²) < 4.78 is 0. The second kappa shape index (κ2) is 7.81. The summed E-state index contributed by atoms with van der Waals surface area (Å²) in [6.07, 6.45) is 0.949. The average molecular weight is 415 g/mol. The van der Waals surface area contributed by atoms with Gasteiger partial charge in [0.15, 0.2) is 5.82 Å². The van der Waals surface area contributed by atoms with Gasteiger partial charge in [0.25, 0.3) is 11.8 Å². The van der Waals surface area contributed by atoms with Crippen LogP contribution < -0.4 is 10.6 Å². The number of anilines is 1. The molecule has 3 N–H and O–H groups in total. The summed E-state index contributed by atoms with van der Waals surface area (Å²) in [5.41, 5.74) is 3.38. The molecule has 1 atom stereocenters. The summed E-state index contributed by atoms with van der Waals surface area (Å²) in [5, 5.41) is 13.3. The second-order valence-corrected chi connectivity index (χ2v) is 7.68. The van der Waals surface area contributed by atoms with Crippen LogP contribution in [0.15, 0.2) is 54.6 Å². The van der Waals surface area contributed by atoms with Crippen molar-refractivity contribution < 1.29 is 14.4 Å². The number of aromatic nitrogens is 2. The van der Waals surface area contributed by atoms with E-state index in [-0.39, 0.29) is 6.42 Å². The molecule has 3 aromatic rings. The van der Waals surface area contributed by atoms with Gasteiger partial charge in [0.1, 0.15) is 6.04 Å². The quantitative estimate of drug-likeness (QED) is 0.552. The molecule has 31 heavy (non-hydrogen) atoms. The number of H-pyrrole nitrogens is 1. The molecule has 1 aromatic heterocycles. The highest BCUT2D eigenvalue weighted by atomic mass is 16.2. The molecule has 0 radical (unpaired) electrons. The van der Waals surface area contributed by atoms with Crippen LogP contribution in [0.3, 0.4) is 0 Å². The van der Waals surface area contributed by atoms with Gasteiger partial charge in [-0.25, -0.2) is 0 Å². The first-order chi connectivity index (χ1) is 15.1. The summed E-state index contributed by atoms with van der Waals surface area (Å²) in [6.45, 7) is 1.45. The summed E-state index contributed by atoms with van der Waals surface area (Å²) in [4.78, 5) is 40.6. The first-order valence-corrected chi connectivity index (χ1v) is 10.2.